The first-order chi connectivity index (χ1) is 25.1. The smallest absolute Gasteiger partial charge is 0.374 e. The zero-order valence-corrected chi connectivity index (χ0v) is 31.6. The number of aromatic nitrogens is 2. The fraction of sp³-hybridized carbons (Fsp3) is 0.342. The van der Waals surface area contributed by atoms with Crippen LogP contribution in [0.5, 0.6) is 0 Å². The molecule has 1 aromatic heterocycles. The van der Waals surface area contributed by atoms with E-state index in [0.717, 1.165) is 17.7 Å². The number of ketones is 1. The molecule has 5 rings (SSSR count). The zero-order chi connectivity index (χ0) is 38.3. The van der Waals surface area contributed by atoms with Crippen LogP contribution in [0.15, 0.2) is 91.4 Å². The molecule has 0 aliphatic carbocycles. The summed E-state index contributed by atoms with van der Waals surface area (Å²) in [6.07, 6.45) is -1.32. The van der Waals surface area contributed by atoms with Crippen LogP contribution < -0.4 is 16.4 Å². The Morgan fingerprint density at radius 3 is 2.13 bits per heavy atom. The Morgan fingerprint density at radius 1 is 0.927 bits per heavy atom. The molecule has 2 heterocycles. The molecule has 4 aromatic rings. The second kappa shape index (κ2) is 19.2. The molecule has 1 saturated heterocycles. The number of anilines is 1. The lowest BCUT2D eigenvalue weighted by Gasteiger charge is -2.34. The SMILES string of the molecule is CC(C)(N)C(=O)N[C@H](COCc1ccccc1)C(=O)Nc1cn(C(C(=O)N2CCC(C(=O)c3ccc(F)cc3)CC2)c2ccc(C(F)(F)F)cc2)cn1.Cl.Cl. The summed E-state index contributed by atoms with van der Waals surface area (Å²) in [6.45, 7) is 3.29. The number of imidazole rings is 1. The van der Waals surface area contributed by atoms with Gasteiger partial charge < -0.3 is 30.6 Å². The minimum atomic E-state index is -4.60. The number of alkyl halides is 3. The van der Waals surface area contributed by atoms with Gasteiger partial charge in [0, 0.05) is 30.8 Å². The first-order valence-electron chi connectivity index (χ1n) is 16.9. The lowest BCUT2D eigenvalue weighted by Crippen LogP contribution is -2.56. The number of Topliss-reactive ketones (excluding diaryl/α,β-unsaturated/α-hetero) is 1. The summed E-state index contributed by atoms with van der Waals surface area (Å²) in [5.74, 6) is -2.79. The number of nitrogens with one attached hydrogen (secondary N) is 2. The van der Waals surface area contributed by atoms with Crippen molar-refractivity contribution >= 4 is 54.1 Å². The summed E-state index contributed by atoms with van der Waals surface area (Å²) in [5.41, 5.74) is 5.18. The molecule has 1 aliphatic heterocycles. The fourth-order valence-corrected chi connectivity index (χ4v) is 5.83. The van der Waals surface area contributed by atoms with Crippen LogP contribution in [0.3, 0.4) is 0 Å². The number of nitrogens with two attached hydrogens (primary N) is 1. The van der Waals surface area contributed by atoms with Crippen LogP contribution in [0.1, 0.15) is 59.8 Å². The quantitative estimate of drug-likeness (QED) is 0.111. The van der Waals surface area contributed by atoms with E-state index in [4.69, 9.17) is 10.5 Å². The van der Waals surface area contributed by atoms with Crippen LogP contribution in [0.25, 0.3) is 0 Å². The summed E-state index contributed by atoms with van der Waals surface area (Å²) in [4.78, 5) is 59.1. The second-order valence-corrected chi connectivity index (χ2v) is 13.4. The molecule has 296 valence electrons. The third-order valence-corrected chi connectivity index (χ3v) is 8.85. The standard InChI is InChI=1S/C38H40F4N6O5.2ClH/c1-37(2,43)36(52)45-30(22-53-21-24-6-4-3-5-7-24)34(50)46-31-20-48(23-44-31)32(25-8-12-28(13-9-25)38(40,41)42)35(51)47-18-16-27(17-19-47)33(49)26-10-14-29(39)15-11-26;;/h3-15,20,23,27,30,32H,16-19,21-22,43H2,1-2H3,(H,45,52)(H,46,50);2*1H/t30-,32?;;/m1../s1. The number of piperidine rings is 1. The third kappa shape index (κ3) is 11.8. The van der Waals surface area contributed by atoms with E-state index in [-0.39, 0.29) is 68.3 Å². The van der Waals surface area contributed by atoms with E-state index in [1.165, 1.54) is 72.2 Å². The highest BCUT2D eigenvalue weighted by Gasteiger charge is 2.35. The molecule has 0 saturated carbocycles. The Bertz CT molecular complexity index is 1900. The number of amides is 3. The Morgan fingerprint density at radius 2 is 1.55 bits per heavy atom. The molecule has 2 atom stereocenters. The molecular weight excluding hydrogens is 767 g/mol. The summed E-state index contributed by atoms with van der Waals surface area (Å²) >= 11 is 0. The van der Waals surface area contributed by atoms with Crippen LogP contribution in [0.4, 0.5) is 23.4 Å². The molecule has 0 radical (unpaired) electrons. The maximum absolute atomic E-state index is 14.1. The van der Waals surface area contributed by atoms with Crippen molar-refractivity contribution in [3.63, 3.8) is 0 Å². The van der Waals surface area contributed by atoms with Gasteiger partial charge in [-0.2, -0.15) is 13.2 Å². The summed E-state index contributed by atoms with van der Waals surface area (Å²) in [7, 11) is 0. The molecule has 4 N–H and O–H groups in total. The topological polar surface area (TPSA) is 149 Å². The van der Waals surface area contributed by atoms with Gasteiger partial charge in [0.05, 0.1) is 30.6 Å². The van der Waals surface area contributed by atoms with Gasteiger partial charge in [-0.05, 0) is 74.2 Å². The van der Waals surface area contributed by atoms with E-state index in [9.17, 15) is 36.7 Å². The van der Waals surface area contributed by atoms with Crippen molar-refractivity contribution in [3.8, 4) is 0 Å². The van der Waals surface area contributed by atoms with Crippen molar-refractivity contribution in [2.24, 2.45) is 11.7 Å². The van der Waals surface area contributed by atoms with Crippen LogP contribution in [-0.2, 0) is 31.9 Å². The van der Waals surface area contributed by atoms with Crippen molar-refractivity contribution in [1.82, 2.24) is 19.8 Å². The van der Waals surface area contributed by atoms with Crippen LogP contribution in [0, 0.1) is 11.7 Å². The van der Waals surface area contributed by atoms with Gasteiger partial charge in [0.2, 0.25) is 11.8 Å². The number of likely N-dealkylation sites (tertiary alicyclic amines) is 1. The van der Waals surface area contributed by atoms with Crippen LogP contribution in [0.2, 0.25) is 0 Å². The van der Waals surface area contributed by atoms with Gasteiger partial charge in [-0.3, -0.25) is 19.2 Å². The predicted octanol–water partition coefficient (Wildman–Crippen LogP) is 5.97. The van der Waals surface area contributed by atoms with Gasteiger partial charge in [0.1, 0.15) is 17.9 Å². The first kappa shape index (κ1) is 44.6. The number of nitrogens with zero attached hydrogens (tertiary/aromatic N) is 3. The number of hydrogen-bond acceptors (Lipinski definition) is 7. The lowest BCUT2D eigenvalue weighted by molar-refractivity contribution is -0.137. The fourth-order valence-electron chi connectivity index (χ4n) is 5.83. The van der Waals surface area contributed by atoms with Crippen LogP contribution >= 0.6 is 24.8 Å². The van der Waals surface area contributed by atoms with Gasteiger partial charge in [0.25, 0.3) is 5.91 Å². The van der Waals surface area contributed by atoms with E-state index in [1.54, 1.807) is 0 Å². The maximum atomic E-state index is 14.1. The molecule has 1 aliphatic rings. The number of rotatable bonds is 13. The number of carbonyl (C=O) groups is 4. The average molecular weight is 810 g/mol. The molecule has 1 unspecified atom stereocenters. The number of halogens is 6. The number of ether oxygens (including phenoxy) is 1. The Balaban J connectivity index is 0.00000406. The van der Waals surface area contributed by atoms with Crippen LogP contribution in [-0.4, -0.2) is 69.2 Å². The largest absolute Gasteiger partial charge is 0.416 e. The second-order valence-electron chi connectivity index (χ2n) is 13.4. The normalized spacial score (nSPS) is 14.5. The average Bonchev–Trinajstić information content (AvgIpc) is 3.58. The Kier molecular flexibility index (Phi) is 15.5. The molecule has 1 fully saturated rings. The number of benzene rings is 3. The van der Waals surface area contributed by atoms with Crippen molar-refractivity contribution in [1.29, 1.82) is 0 Å². The summed E-state index contributed by atoms with van der Waals surface area (Å²) < 4.78 is 60.7. The number of hydrogen-bond donors (Lipinski definition) is 3. The lowest BCUT2D eigenvalue weighted by atomic mass is 9.88. The Labute approximate surface area is 327 Å². The van der Waals surface area contributed by atoms with E-state index < -0.39 is 58.8 Å². The van der Waals surface area contributed by atoms with E-state index in [0.29, 0.717) is 18.4 Å². The molecule has 17 heteroatoms. The van der Waals surface area contributed by atoms with E-state index >= 15 is 0 Å². The first-order valence-corrected chi connectivity index (χ1v) is 16.9. The molecule has 0 bridgehead atoms. The van der Waals surface area contributed by atoms with E-state index in [2.05, 4.69) is 15.6 Å². The van der Waals surface area contributed by atoms with Crippen molar-refractivity contribution in [2.75, 3.05) is 25.0 Å². The van der Waals surface area contributed by atoms with Crippen molar-refractivity contribution in [2.45, 2.75) is 57.1 Å². The highest BCUT2D eigenvalue weighted by atomic mass is 35.5. The molecular formula is C38H42Cl2F4N6O5. The van der Waals surface area contributed by atoms with Gasteiger partial charge in [-0.25, -0.2) is 9.37 Å². The highest BCUT2D eigenvalue weighted by Crippen LogP contribution is 2.32. The van der Waals surface area contributed by atoms with Gasteiger partial charge in [-0.1, -0.05) is 42.5 Å². The van der Waals surface area contributed by atoms with Gasteiger partial charge in [-0.15, -0.1) is 24.8 Å². The maximum Gasteiger partial charge on any atom is 0.416 e. The van der Waals surface area contributed by atoms with Crippen molar-refractivity contribution in [3.05, 3.63) is 119 Å². The summed E-state index contributed by atoms with van der Waals surface area (Å²) in [5, 5.41) is 5.21. The minimum Gasteiger partial charge on any atom is -0.374 e. The number of carbonyl (C=O) groups excluding carboxylic acids is 4. The molecule has 3 aromatic carbocycles. The molecule has 11 nitrogen and oxygen atoms in total. The molecule has 0 spiro atoms. The van der Waals surface area contributed by atoms with Gasteiger partial charge >= 0.3 is 6.18 Å². The summed E-state index contributed by atoms with van der Waals surface area (Å²) in [6, 6.07) is 16.2. The highest BCUT2D eigenvalue weighted by molar-refractivity contribution is 5.99. The monoisotopic (exact) mass is 808 g/mol. The zero-order valence-electron chi connectivity index (χ0n) is 29.9. The predicted molar refractivity (Wildman–Crippen MR) is 201 cm³/mol. The molecule has 55 heavy (non-hydrogen) atoms. The van der Waals surface area contributed by atoms with Crippen molar-refractivity contribution < 1.29 is 41.5 Å². The minimum absolute atomic E-state index is 0. The Hall–Kier alpha value is -4.83. The van der Waals surface area contributed by atoms with E-state index in [1.807, 2.05) is 30.3 Å². The third-order valence-electron chi connectivity index (χ3n) is 8.85. The van der Waals surface area contributed by atoms with Gasteiger partial charge in [0.15, 0.2) is 11.6 Å². The molecule has 3 amide bonds.